The number of carbonyl (C=O) groups is 2. The number of rotatable bonds is 9. The predicted molar refractivity (Wildman–Crippen MR) is 133 cm³/mol. The van der Waals surface area contributed by atoms with E-state index in [2.05, 4.69) is 21.2 Å². The van der Waals surface area contributed by atoms with Crippen molar-refractivity contribution in [2.45, 2.75) is 51.2 Å². The van der Waals surface area contributed by atoms with Gasteiger partial charge in [0.15, 0.2) is 0 Å². The van der Waals surface area contributed by atoms with Crippen LogP contribution in [0.5, 0.6) is 0 Å². The van der Waals surface area contributed by atoms with Gasteiger partial charge in [-0.2, -0.15) is 0 Å². The lowest BCUT2D eigenvalue weighted by Gasteiger charge is -2.32. The molecule has 3 rings (SSSR count). The van der Waals surface area contributed by atoms with Crippen molar-refractivity contribution >= 4 is 43.5 Å². The van der Waals surface area contributed by atoms with Crippen molar-refractivity contribution in [3.05, 3.63) is 64.4 Å². The Morgan fingerprint density at radius 1 is 1.15 bits per heavy atom. The zero-order valence-electron chi connectivity index (χ0n) is 19.2. The van der Waals surface area contributed by atoms with Gasteiger partial charge in [-0.15, -0.1) is 0 Å². The predicted octanol–water partition coefficient (Wildman–Crippen LogP) is 3.83. The monoisotopic (exact) mass is 553 g/mol. The molecular formula is C24H29BrFN3O4S. The number of hydrogen-bond donors (Lipinski definition) is 1. The van der Waals surface area contributed by atoms with Crippen LogP contribution in [0.15, 0.2) is 53.0 Å². The molecule has 34 heavy (non-hydrogen) atoms. The molecule has 1 saturated carbocycles. The first-order valence-corrected chi connectivity index (χ1v) is 13.8. The molecule has 0 radical (unpaired) electrons. The van der Waals surface area contributed by atoms with Crippen molar-refractivity contribution < 1.29 is 22.4 Å². The summed E-state index contributed by atoms with van der Waals surface area (Å²) < 4.78 is 41.1. The number of carbonyl (C=O) groups excluding carboxylic acids is 2. The number of halogens is 2. The molecule has 2 aromatic rings. The number of benzene rings is 2. The van der Waals surface area contributed by atoms with E-state index in [4.69, 9.17) is 0 Å². The average molecular weight is 554 g/mol. The highest BCUT2D eigenvalue weighted by atomic mass is 79.9. The molecule has 0 saturated heterocycles. The number of nitrogens with one attached hydrogen (secondary N) is 1. The Balaban J connectivity index is 1.89. The second-order valence-corrected chi connectivity index (χ2v) is 11.4. The molecule has 0 aliphatic heterocycles. The lowest BCUT2D eigenvalue weighted by molar-refractivity contribution is -0.139. The van der Waals surface area contributed by atoms with E-state index in [1.165, 1.54) is 11.0 Å². The molecule has 0 heterocycles. The Bertz CT molecular complexity index is 1140. The third-order valence-corrected chi connectivity index (χ3v) is 7.58. The normalized spacial score (nSPS) is 15.1. The summed E-state index contributed by atoms with van der Waals surface area (Å²) in [7, 11) is -3.82. The quantitative estimate of drug-likeness (QED) is 0.511. The SMILES string of the molecule is C[C@@H](C(=O)NC1CCCC1)N(Cc1ccccc1F)C(=O)CN(c1cccc(Br)c1)S(C)(=O)=O. The van der Waals surface area contributed by atoms with E-state index in [1.54, 1.807) is 49.4 Å². The van der Waals surface area contributed by atoms with Crippen LogP contribution in [0.1, 0.15) is 38.2 Å². The van der Waals surface area contributed by atoms with Gasteiger partial charge in [0.05, 0.1) is 11.9 Å². The second kappa shape index (κ2) is 11.3. The van der Waals surface area contributed by atoms with Crippen LogP contribution in [-0.2, 0) is 26.2 Å². The van der Waals surface area contributed by atoms with Gasteiger partial charge in [0.1, 0.15) is 18.4 Å². The fourth-order valence-corrected chi connectivity index (χ4v) is 5.26. The first kappa shape index (κ1) is 26.2. The Morgan fingerprint density at radius 3 is 2.44 bits per heavy atom. The molecule has 184 valence electrons. The zero-order valence-corrected chi connectivity index (χ0v) is 21.6. The van der Waals surface area contributed by atoms with Gasteiger partial charge in [-0.1, -0.05) is 53.0 Å². The first-order valence-electron chi connectivity index (χ1n) is 11.1. The highest BCUT2D eigenvalue weighted by Crippen LogP contribution is 2.23. The summed E-state index contributed by atoms with van der Waals surface area (Å²) in [6.45, 7) is 0.887. The fraction of sp³-hybridized carbons (Fsp3) is 0.417. The summed E-state index contributed by atoms with van der Waals surface area (Å²) in [6, 6.07) is 11.7. The van der Waals surface area contributed by atoms with E-state index in [0.717, 1.165) is 36.2 Å². The molecule has 2 amide bonds. The third kappa shape index (κ3) is 6.79. The van der Waals surface area contributed by atoms with Crippen LogP contribution in [0.3, 0.4) is 0 Å². The van der Waals surface area contributed by atoms with E-state index >= 15 is 0 Å². The van der Waals surface area contributed by atoms with Gasteiger partial charge < -0.3 is 10.2 Å². The van der Waals surface area contributed by atoms with Crippen molar-refractivity contribution in [3.8, 4) is 0 Å². The summed E-state index contributed by atoms with van der Waals surface area (Å²) in [4.78, 5) is 27.7. The highest BCUT2D eigenvalue weighted by molar-refractivity contribution is 9.10. The molecule has 1 aliphatic rings. The smallest absolute Gasteiger partial charge is 0.244 e. The molecule has 0 bridgehead atoms. The van der Waals surface area contributed by atoms with Gasteiger partial charge in [0.2, 0.25) is 21.8 Å². The van der Waals surface area contributed by atoms with Crippen molar-refractivity contribution in [2.24, 2.45) is 0 Å². The summed E-state index contributed by atoms with van der Waals surface area (Å²) in [5.74, 6) is -1.46. The third-order valence-electron chi connectivity index (χ3n) is 5.94. The van der Waals surface area contributed by atoms with Crippen LogP contribution in [0, 0.1) is 5.82 Å². The lowest BCUT2D eigenvalue weighted by Crippen LogP contribution is -2.52. The maximum absolute atomic E-state index is 14.4. The van der Waals surface area contributed by atoms with Crippen LogP contribution in [0.2, 0.25) is 0 Å². The number of amides is 2. The summed E-state index contributed by atoms with van der Waals surface area (Å²) >= 11 is 3.32. The first-order chi connectivity index (χ1) is 16.1. The number of nitrogens with zero attached hydrogens (tertiary/aromatic N) is 2. The summed E-state index contributed by atoms with van der Waals surface area (Å²) in [5, 5.41) is 2.97. The molecule has 0 spiro atoms. The van der Waals surface area contributed by atoms with Gasteiger partial charge in [-0.25, -0.2) is 12.8 Å². The minimum absolute atomic E-state index is 0.0505. The molecule has 1 atom stereocenters. The lowest BCUT2D eigenvalue weighted by atomic mass is 10.1. The molecule has 2 aromatic carbocycles. The fourth-order valence-electron chi connectivity index (χ4n) is 4.03. The van der Waals surface area contributed by atoms with Crippen molar-refractivity contribution in [2.75, 3.05) is 17.1 Å². The molecule has 0 unspecified atom stereocenters. The van der Waals surface area contributed by atoms with Crippen LogP contribution in [0.4, 0.5) is 10.1 Å². The summed E-state index contributed by atoms with van der Waals surface area (Å²) in [5.41, 5.74) is 0.545. The van der Waals surface area contributed by atoms with Gasteiger partial charge in [-0.05, 0) is 44.0 Å². The zero-order chi connectivity index (χ0) is 24.9. The van der Waals surface area contributed by atoms with Gasteiger partial charge in [0, 0.05) is 22.6 Å². The van der Waals surface area contributed by atoms with Gasteiger partial charge in [-0.3, -0.25) is 13.9 Å². The van der Waals surface area contributed by atoms with E-state index in [9.17, 15) is 22.4 Å². The standard InChI is InChI=1S/C24H29BrFN3O4S/c1-17(24(31)27-20-10-4-5-11-20)28(15-18-8-3-6-13-22(18)26)23(30)16-29(34(2,32)33)21-12-7-9-19(25)14-21/h3,6-9,12-14,17,20H,4-5,10-11,15-16H2,1-2H3,(H,27,31)/t17-/m0/s1. The Kier molecular flexibility index (Phi) is 8.70. The molecule has 1 N–H and O–H groups in total. The van der Waals surface area contributed by atoms with E-state index in [-0.39, 0.29) is 24.1 Å². The maximum atomic E-state index is 14.4. The molecule has 10 heteroatoms. The van der Waals surface area contributed by atoms with Crippen LogP contribution >= 0.6 is 15.9 Å². The minimum Gasteiger partial charge on any atom is -0.352 e. The second-order valence-electron chi connectivity index (χ2n) is 8.53. The Morgan fingerprint density at radius 2 is 1.82 bits per heavy atom. The van der Waals surface area contributed by atoms with E-state index in [1.807, 2.05) is 0 Å². The van der Waals surface area contributed by atoms with Gasteiger partial charge >= 0.3 is 0 Å². The van der Waals surface area contributed by atoms with E-state index < -0.39 is 34.3 Å². The van der Waals surface area contributed by atoms with E-state index in [0.29, 0.717) is 10.2 Å². The molecule has 0 aromatic heterocycles. The largest absolute Gasteiger partial charge is 0.352 e. The van der Waals surface area contributed by atoms with Crippen molar-refractivity contribution in [3.63, 3.8) is 0 Å². The van der Waals surface area contributed by atoms with Crippen molar-refractivity contribution in [1.29, 1.82) is 0 Å². The van der Waals surface area contributed by atoms with Crippen LogP contribution < -0.4 is 9.62 Å². The molecule has 1 fully saturated rings. The Labute approximate surface area is 208 Å². The Hall–Kier alpha value is -2.46. The molecule has 7 nitrogen and oxygen atoms in total. The summed E-state index contributed by atoms with van der Waals surface area (Å²) in [6.07, 6.45) is 4.84. The molecular weight excluding hydrogens is 525 g/mol. The molecule has 1 aliphatic carbocycles. The minimum atomic E-state index is -3.82. The number of anilines is 1. The number of sulfonamides is 1. The highest BCUT2D eigenvalue weighted by Gasteiger charge is 2.31. The topological polar surface area (TPSA) is 86.8 Å². The van der Waals surface area contributed by atoms with Crippen LogP contribution in [0.25, 0.3) is 0 Å². The number of hydrogen-bond acceptors (Lipinski definition) is 4. The van der Waals surface area contributed by atoms with Crippen molar-refractivity contribution in [1.82, 2.24) is 10.2 Å². The van der Waals surface area contributed by atoms with Gasteiger partial charge in [0.25, 0.3) is 0 Å². The van der Waals surface area contributed by atoms with Crippen LogP contribution in [-0.4, -0.2) is 50.0 Å². The average Bonchev–Trinajstić information content (AvgIpc) is 3.28. The maximum Gasteiger partial charge on any atom is 0.244 e.